The van der Waals surface area contributed by atoms with E-state index in [2.05, 4.69) is 16.0 Å². The fourth-order valence-electron chi connectivity index (χ4n) is 2.00. The highest BCUT2D eigenvalue weighted by atomic mass is 19.1. The van der Waals surface area contributed by atoms with Crippen molar-refractivity contribution in [2.24, 2.45) is 0 Å². The van der Waals surface area contributed by atoms with Gasteiger partial charge in [0, 0.05) is 24.7 Å². The summed E-state index contributed by atoms with van der Waals surface area (Å²) in [7, 11) is 0. The largest absolute Gasteiger partial charge is 0.378 e. The molecule has 0 aromatic heterocycles. The van der Waals surface area contributed by atoms with E-state index in [4.69, 9.17) is 4.74 Å². The van der Waals surface area contributed by atoms with Crippen molar-refractivity contribution in [1.29, 1.82) is 0 Å². The number of halogens is 1. The Morgan fingerprint density at radius 2 is 2.24 bits per heavy atom. The van der Waals surface area contributed by atoms with Gasteiger partial charge in [0.1, 0.15) is 5.82 Å². The van der Waals surface area contributed by atoms with Crippen LogP contribution in [0, 0.1) is 5.82 Å². The van der Waals surface area contributed by atoms with Gasteiger partial charge in [-0.15, -0.1) is 0 Å². The molecule has 1 saturated heterocycles. The summed E-state index contributed by atoms with van der Waals surface area (Å²) in [5.41, 5.74) is 0.358. The minimum Gasteiger partial charge on any atom is -0.378 e. The molecule has 1 atom stereocenters. The standard InChI is InChI=1S/C14H18FN3O3/c15-10-2-1-3-11(6-10)18-14(20)8-17-13(19)7-12-9-21-5-4-16-12/h1-3,6,12,16H,4-5,7-9H2,(H,17,19)(H,18,20). The number of carbonyl (C=O) groups is 2. The lowest BCUT2D eigenvalue weighted by atomic mass is 10.2. The highest BCUT2D eigenvalue weighted by Gasteiger charge is 2.17. The van der Waals surface area contributed by atoms with E-state index in [9.17, 15) is 14.0 Å². The molecule has 21 heavy (non-hydrogen) atoms. The molecular formula is C14H18FN3O3. The summed E-state index contributed by atoms with van der Waals surface area (Å²) in [6.07, 6.45) is 0.257. The van der Waals surface area contributed by atoms with Gasteiger partial charge in [-0.25, -0.2) is 4.39 Å². The molecule has 7 heteroatoms. The average molecular weight is 295 g/mol. The number of carbonyl (C=O) groups excluding carboxylic acids is 2. The molecule has 0 bridgehead atoms. The maximum Gasteiger partial charge on any atom is 0.243 e. The van der Waals surface area contributed by atoms with Crippen LogP contribution in [0.15, 0.2) is 24.3 Å². The zero-order valence-corrected chi connectivity index (χ0v) is 11.5. The molecule has 1 unspecified atom stereocenters. The molecule has 0 radical (unpaired) electrons. The molecule has 1 aromatic rings. The highest BCUT2D eigenvalue weighted by Crippen LogP contribution is 2.08. The second kappa shape index (κ2) is 7.70. The maximum absolute atomic E-state index is 13.0. The van der Waals surface area contributed by atoms with Crippen LogP contribution < -0.4 is 16.0 Å². The van der Waals surface area contributed by atoms with E-state index in [0.717, 1.165) is 6.54 Å². The summed E-state index contributed by atoms with van der Waals surface area (Å²) in [6.45, 7) is 1.71. The molecule has 0 aliphatic carbocycles. The smallest absolute Gasteiger partial charge is 0.243 e. The van der Waals surface area contributed by atoms with Crippen molar-refractivity contribution >= 4 is 17.5 Å². The number of morpholine rings is 1. The van der Waals surface area contributed by atoms with Crippen LogP contribution in [-0.2, 0) is 14.3 Å². The number of hydrogen-bond donors (Lipinski definition) is 3. The zero-order valence-electron chi connectivity index (χ0n) is 11.5. The van der Waals surface area contributed by atoms with Gasteiger partial charge in [-0.1, -0.05) is 6.07 Å². The summed E-state index contributed by atoms with van der Waals surface area (Å²) in [6, 6.07) is 5.55. The summed E-state index contributed by atoms with van der Waals surface area (Å²) in [5.74, 6) is -1.06. The molecule has 1 aromatic carbocycles. The molecule has 1 aliphatic rings. The predicted molar refractivity (Wildman–Crippen MR) is 75.3 cm³/mol. The first-order valence-corrected chi connectivity index (χ1v) is 6.77. The number of nitrogens with one attached hydrogen (secondary N) is 3. The number of amides is 2. The Bertz CT molecular complexity index is 504. The fourth-order valence-corrected chi connectivity index (χ4v) is 2.00. The first kappa shape index (κ1) is 15.4. The number of hydrogen-bond acceptors (Lipinski definition) is 4. The molecule has 2 amide bonds. The lowest BCUT2D eigenvalue weighted by molar-refractivity contribution is -0.125. The van der Waals surface area contributed by atoms with E-state index in [1.807, 2.05) is 0 Å². The summed E-state index contributed by atoms with van der Waals surface area (Å²) in [5, 5.41) is 8.19. The van der Waals surface area contributed by atoms with E-state index in [1.54, 1.807) is 6.07 Å². The Balaban J connectivity index is 1.69. The van der Waals surface area contributed by atoms with Crippen molar-refractivity contribution in [2.75, 3.05) is 31.6 Å². The highest BCUT2D eigenvalue weighted by molar-refractivity contribution is 5.94. The van der Waals surface area contributed by atoms with Crippen LogP contribution in [-0.4, -0.2) is 44.2 Å². The molecule has 1 fully saturated rings. The van der Waals surface area contributed by atoms with Crippen LogP contribution in [0.5, 0.6) is 0 Å². The molecule has 3 N–H and O–H groups in total. The van der Waals surface area contributed by atoms with E-state index in [1.165, 1.54) is 18.2 Å². The second-order valence-electron chi connectivity index (χ2n) is 4.77. The molecule has 6 nitrogen and oxygen atoms in total. The number of benzene rings is 1. The maximum atomic E-state index is 13.0. The van der Waals surface area contributed by atoms with Crippen molar-refractivity contribution in [2.45, 2.75) is 12.5 Å². The van der Waals surface area contributed by atoms with E-state index in [-0.39, 0.29) is 24.9 Å². The predicted octanol–water partition coefficient (Wildman–Crippen LogP) is 0.259. The molecule has 0 spiro atoms. The summed E-state index contributed by atoms with van der Waals surface area (Å²) in [4.78, 5) is 23.3. The SMILES string of the molecule is O=C(CC1COCCN1)NCC(=O)Nc1cccc(F)c1. The average Bonchev–Trinajstić information content (AvgIpc) is 2.46. The Morgan fingerprint density at radius 1 is 1.38 bits per heavy atom. The Labute approximate surface area is 122 Å². The fraction of sp³-hybridized carbons (Fsp3) is 0.429. The molecule has 1 heterocycles. The Hall–Kier alpha value is -1.99. The summed E-state index contributed by atoms with van der Waals surface area (Å²) < 4.78 is 18.2. The zero-order chi connectivity index (χ0) is 15.1. The van der Waals surface area contributed by atoms with Crippen LogP contribution in [0.4, 0.5) is 10.1 Å². The third-order valence-corrected chi connectivity index (χ3v) is 2.98. The van der Waals surface area contributed by atoms with Crippen LogP contribution in [0.1, 0.15) is 6.42 Å². The molecule has 114 valence electrons. The Morgan fingerprint density at radius 3 is 2.95 bits per heavy atom. The van der Waals surface area contributed by atoms with Gasteiger partial charge in [0.2, 0.25) is 11.8 Å². The first-order chi connectivity index (χ1) is 10.1. The van der Waals surface area contributed by atoms with Gasteiger partial charge in [-0.2, -0.15) is 0 Å². The van der Waals surface area contributed by atoms with Gasteiger partial charge in [0.15, 0.2) is 0 Å². The van der Waals surface area contributed by atoms with E-state index in [0.29, 0.717) is 18.9 Å². The van der Waals surface area contributed by atoms with Gasteiger partial charge < -0.3 is 20.7 Å². The van der Waals surface area contributed by atoms with Gasteiger partial charge in [0.25, 0.3) is 0 Å². The van der Waals surface area contributed by atoms with Crippen LogP contribution in [0.2, 0.25) is 0 Å². The molecular weight excluding hydrogens is 277 g/mol. The Kier molecular flexibility index (Phi) is 5.65. The third-order valence-electron chi connectivity index (χ3n) is 2.98. The van der Waals surface area contributed by atoms with Crippen molar-refractivity contribution < 1.29 is 18.7 Å². The van der Waals surface area contributed by atoms with Crippen molar-refractivity contribution in [3.63, 3.8) is 0 Å². The lowest BCUT2D eigenvalue weighted by Crippen LogP contribution is -2.45. The van der Waals surface area contributed by atoms with Gasteiger partial charge in [-0.05, 0) is 18.2 Å². The van der Waals surface area contributed by atoms with Crippen LogP contribution in [0.25, 0.3) is 0 Å². The summed E-state index contributed by atoms with van der Waals surface area (Å²) >= 11 is 0. The van der Waals surface area contributed by atoms with Gasteiger partial charge >= 0.3 is 0 Å². The minimum atomic E-state index is -0.430. The molecule has 0 saturated carbocycles. The number of anilines is 1. The second-order valence-corrected chi connectivity index (χ2v) is 4.77. The van der Waals surface area contributed by atoms with Crippen molar-refractivity contribution in [1.82, 2.24) is 10.6 Å². The number of ether oxygens (including phenoxy) is 1. The van der Waals surface area contributed by atoms with Crippen LogP contribution >= 0.6 is 0 Å². The third kappa shape index (κ3) is 5.49. The van der Waals surface area contributed by atoms with Gasteiger partial charge in [0.05, 0.1) is 19.8 Å². The van der Waals surface area contributed by atoms with Crippen molar-refractivity contribution in [3.05, 3.63) is 30.1 Å². The first-order valence-electron chi connectivity index (χ1n) is 6.77. The van der Waals surface area contributed by atoms with E-state index < -0.39 is 11.7 Å². The van der Waals surface area contributed by atoms with Gasteiger partial charge in [-0.3, -0.25) is 9.59 Å². The molecule has 2 rings (SSSR count). The van der Waals surface area contributed by atoms with E-state index >= 15 is 0 Å². The monoisotopic (exact) mass is 295 g/mol. The van der Waals surface area contributed by atoms with Crippen LogP contribution in [0.3, 0.4) is 0 Å². The normalized spacial score (nSPS) is 18.0. The van der Waals surface area contributed by atoms with Crippen molar-refractivity contribution in [3.8, 4) is 0 Å². The topological polar surface area (TPSA) is 79.5 Å². The number of rotatable bonds is 5. The lowest BCUT2D eigenvalue weighted by Gasteiger charge is -2.23. The quantitative estimate of drug-likeness (QED) is 0.728. The minimum absolute atomic E-state index is 0.0231. The molecule has 1 aliphatic heterocycles.